The van der Waals surface area contributed by atoms with Crippen LogP contribution in [0.1, 0.15) is 20.7 Å². The van der Waals surface area contributed by atoms with E-state index in [0.717, 1.165) is 0 Å². The number of nitrogens with one attached hydrogen (secondary N) is 1. The lowest BCUT2D eigenvalue weighted by Crippen LogP contribution is -2.19. The van der Waals surface area contributed by atoms with Crippen molar-refractivity contribution in [1.29, 1.82) is 0 Å². The van der Waals surface area contributed by atoms with Crippen LogP contribution in [0, 0.1) is 0 Å². The zero-order valence-electron chi connectivity index (χ0n) is 7.04. The molecule has 1 aromatic carbocycles. The van der Waals surface area contributed by atoms with E-state index in [2.05, 4.69) is 5.32 Å². The summed E-state index contributed by atoms with van der Waals surface area (Å²) in [6.07, 6.45) is 0. The Bertz CT molecular complexity index is 316. The molecule has 0 unspecified atom stereocenters. The van der Waals surface area contributed by atoms with Gasteiger partial charge in [0.2, 0.25) is 0 Å². The van der Waals surface area contributed by atoms with Crippen LogP contribution in [0.2, 0.25) is 0 Å². The van der Waals surface area contributed by atoms with Crippen molar-refractivity contribution in [2.75, 3.05) is 0 Å². The van der Waals surface area contributed by atoms with Gasteiger partial charge in [-0.25, -0.2) is 0 Å². The van der Waals surface area contributed by atoms with Crippen molar-refractivity contribution in [3.8, 4) is 0 Å². The Kier molecular flexibility index (Phi) is 3.29. The molecule has 5 nitrogen and oxygen atoms in total. The van der Waals surface area contributed by atoms with Gasteiger partial charge < -0.3 is 12.3 Å². The smallest absolute Gasteiger partial charge is 0.258 e. The molecule has 0 spiro atoms. The Morgan fingerprint density at radius 2 is 1.23 bits per heavy atom. The maximum atomic E-state index is 10.9. The monoisotopic (exact) mass is 181 g/mol. The van der Waals surface area contributed by atoms with Gasteiger partial charge in [-0.1, -0.05) is 12.1 Å². The zero-order chi connectivity index (χ0) is 7.84. The lowest BCUT2D eigenvalue weighted by molar-refractivity contribution is 0.0879. The van der Waals surface area contributed by atoms with Crippen molar-refractivity contribution >= 4 is 11.8 Å². The first-order valence-electron chi connectivity index (χ1n) is 3.24. The van der Waals surface area contributed by atoms with Gasteiger partial charge >= 0.3 is 0 Å². The Hall–Kier alpha value is -1.72. The van der Waals surface area contributed by atoms with Gasteiger partial charge in [0.1, 0.15) is 0 Å². The van der Waals surface area contributed by atoms with E-state index in [1.807, 2.05) is 0 Å². The van der Waals surface area contributed by atoms with Crippen LogP contribution in [-0.4, -0.2) is 11.8 Å². The highest BCUT2D eigenvalue weighted by Gasteiger charge is 2.25. The average molecular weight is 181 g/mol. The number of amides is 2. The van der Waals surface area contributed by atoms with E-state index in [4.69, 9.17) is 0 Å². The summed E-state index contributed by atoms with van der Waals surface area (Å²) in [6.45, 7) is 0. The molecule has 70 valence electrons. The second-order valence-corrected chi connectivity index (χ2v) is 2.33. The largest absolute Gasteiger partial charge is 0.344 e. The predicted octanol–water partition coefficient (Wildman–Crippen LogP) is 0.894. The van der Waals surface area contributed by atoms with Crippen molar-refractivity contribution in [3.05, 3.63) is 35.4 Å². The molecule has 13 heavy (non-hydrogen) atoms. The van der Waals surface area contributed by atoms with Crippen molar-refractivity contribution < 1.29 is 9.59 Å². The van der Waals surface area contributed by atoms with E-state index in [0.29, 0.717) is 11.1 Å². The van der Waals surface area contributed by atoms with Crippen LogP contribution in [0.3, 0.4) is 0 Å². The molecular weight excluding hydrogens is 170 g/mol. The van der Waals surface area contributed by atoms with Gasteiger partial charge in [-0.2, -0.15) is 0 Å². The standard InChI is InChI=1S/C8H5NO2.2H3N/c10-7-5-3-1-2-4-6(5)8(11)9-7;;/h1-4H,(H,9,10,11);2*1H3. The number of carbonyl (C=O) groups is 2. The Morgan fingerprint density at radius 1 is 0.846 bits per heavy atom. The minimum Gasteiger partial charge on any atom is -0.344 e. The highest BCUT2D eigenvalue weighted by atomic mass is 16.2. The lowest BCUT2D eigenvalue weighted by atomic mass is 10.1. The maximum absolute atomic E-state index is 10.9. The summed E-state index contributed by atoms with van der Waals surface area (Å²) < 4.78 is 0. The van der Waals surface area contributed by atoms with Gasteiger partial charge in [0, 0.05) is 0 Å². The molecule has 0 saturated carbocycles. The number of imide groups is 1. The van der Waals surface area contributed by atoms with Crippen molar-refractivity contribution in [1.82, 2.24) is 17.6 Å². The van der Waals surface area contributed by atoms with E-state index in [1.54, 1.807) is 24.3 Å². The van der Waals surface area contributed by atoms with Crippen LogP contribution in [0.4, 0.5) is 0 Å². The van der Waals surface area contributed by atoms with Gasteiger partial charge in [0.25, 0.3) is 11.8 Å². The fourth-order valence-electron chi connectivity index (χ4n) is 1.12. The second-order valence-electron chi connectivity index (χ2n) is 2.33. The highest BCUT2D eigenvalue weighted by Crippen LogP contribution is 2.13. The molecule has 0 atom stereocenters. The van der Waals surface area contributed by atoms with Crippen molar-refractivity contribution in [2.24, 2.45) is 0 Å². The first kappa shape index (κ1) is 11.3. The third-order valence-electron chi connectivity index (χ3n) is 1.64. The van der Waals surface area contributed by atoms with E-state index in [9.17, 15) is 9.59 Å². The number of benzene rings is 1. The van der Waals surface area contributed by atoms with Crippen LogP contribution in [0.5, 0.6) is 0 Å². The summed E-state index contributed by atoms with van der Waals surface area (Å²) in [5.41, 5.74) is 0.940. The van der Waals surface area contributed by atoms with Crippen LogP contribution in [0.25, 0.3) is 0 Å². The molecule has 2 rings (SSSR count). The number of hydrogen-bond donors (Lipinski definition) is 3. The molecular formula is C8H11N3O2. The van der Waals surface area contributed by atoms with Gasteiger partial charge in [0.05, 0.1) is 11.1 Å². The van der Waals surface area contributed by atoms with Gasteiger partial charge in [-0.15, -0.1) is 0 Å². The fourth-order valence-corrected chi connectivity index (χ4v) is 1.12. The summed E-state index contributed by atoms with van der Waals surface area (Å²) >= 11 is 0. The zero-order valence-corrected chi connectivity index (χ0v) is 7.04. The molecule has 7 N–H and O–H groups in total. The van der Waals surface area contributed by atoms with E-state index in [1.165, 1.54) is 0 Å². The Labute approximate surface area is 75.3 Å². The molecule has 0 aliphatic carbocycles. The number of fused-ring (bicyclic) bond motifs is 1. The van der Waals surface area contributed by atoms with E-state index >= 15 is 0 Å². The molecule has 1 aliphatic rings. The molecule has 1 aromatic rings. The minimum absolute atomic E-state index is 0. The molecule has 1 aliphatic heterocycles. The molecule has 0 fully saturated rings. The van der Waals surface area contributed by atoms with Gasteiger partial charge in [0.15, 0.2) is 0 Å². The normalized spacial score (nSPS) is 12.3. The molecule has 2 amide bonds. The minimum atomic E-state index is -0.300. The average Bonchev–Trinajstić information content (AvgIpc) is 2.30. The number of carbonyl (C=O) groups excluding carboxylic acids is 2. The van der Waals surface area contributed by atoms with E-state index < -0.39 is 0 Å². The van der Waals surface area contributed by atoms with Crippen LogP contribution < -0.4 is 17.6 Å². The Morgan fingerprint density at radius 3 is 1.62 bits per heavy atom. The molecule has 1 heterocycles. The lowest BCUT2D eigenvalue weighted by Gasteiger charge is -1.88. The Balaban J connectivity index is 0.000000720. The van der Waals surface area contributed by atoms with Crippen molar-refractivity contribution in [3.63, 3.8) is 0 Å². The third kappa shape index (κ3) is 1.56. The summed E-state index contributed by atoms with van der Waals surface area (Å²) in [7, 11) is 0. The summed E-state index contributed by atoms with van der Waals surface area (Å²) in [5.74, 6) is -0.601. The predicted molar refractivity (Wildman–Crippen MR) is 48.3 cm³/mol. The molecule has 0 aromatic heterocycles. The molecule has 0 radical (unpaired) electrons. The molecule has 0 saturated heterocycles. The summed E-state index contributed by atoms with van der Waals surface area (Å²) in [5, 5.41) is 2.20. The quantitative estimate of drug-likeness (QED) is 0.515. The van der Waals surface area contributed by atoms with Crippen LogP contribution in [0.15, 0.2) is 24.3 Å². The summed E-state index contributed by atoms with van der Waals surface area (Å²) in [6, 6.07) is 6.74. The highest BCUT2D eigenvalue weighted by molar-refractivity contribution is 6.21. The third-order valence-corrected chi connectivity index (χ3v) is 1.64. The van der Waals surface area contributed by atoms with Crippen LogP contribution >= 0.6 is 0 Å². The number of hydrogen-bond acceptors (Lipinski definition) is 4. The van der Waals surface area contributed by atoms with Gasteiger partial charge in [-0.05, 0) is 12.1 Å². The SMILES string of the molecule is N.N.O=C1NC(=O)c2ccccc21. The first-order valence-corrected chi connectivity index (χ1v) is 3.24. The second kappa shape index (κ2) is 3.79. The first-order chi connectivity index (χ1) is 5.29. The van der Waals surface area contributed by atoms with Crippen molar-refractivity contribution in [2.45, 2.75) is 0 Å². The maximum Gasteiger partial charge on any atom is 0.258 e. The molecule has 0 bridgehead atoms. The number of rotatable bonds is 0. The van der Waals surface area contributed by atoms with Gasteiger partial charge in [-0.3, -0.25) is 14.9 Å². The topological polar surface area (TPSA) is 116 Å². The van der Waals surface area contributed by atoms with Crippen LogP contribution in [-0.2, 0) is 0 Å². The molecule has 5 heteroatoms. The van der Waals surface area contributed by atoms with E-state index in [-0.39, 0.29) is 24.1 Å². The fraction of sp³-hybridized carbons (Fsp3) is 0. The summed E-state index contributed by atoms with van der Waals surface area (Å²) in [4.78, 5) is 21.9.